The highest BCUT2D eigenvalue weighted by Gasteiger charge is 2.27. The summed E-state index contributed by atoms with van der Waals surface area (Å²) in [5, 5.41) is 16.7. The van der Waals surface area contributed by atoms with Gasteiger partial charge in [-0.3, -0.25) is 4.79 Å². The van der Waals surface area contributed by atoms with E-state index in [9.17, 15) is 9.90 Å². The predicted octanol–water partition coefficient (Wildman–Crippen LogP) is 3.14. The van der Waals surface area contributed by atoms with Crippen LogP contribution in [0.25, 0.3) is 0 Å². The topological polar surface area (TPSA) is 61.4 Å². The zero-order chi connectivity index (χ0) is 14.4. The van der Waals surface area contributed by atoms with Crippen molar-refractivity contribution in [2.45, 2.75) is 51.0 Å². The molecule has 3 N–H and O–H groups in total. The monoisotopic (exact) mass is 276 g/mol. The maximum absolute atomic E-state index is 11.0. The van der Waals surface area contributed by atoms with Crippen molar-refractivity contribution < 1.29 is 9.90 Å². The van der Waals surface area contributed by atoms with Crippen LogP contribution >= 0.6 is 0 Å². The van der Waals surface area contributed by atoms with Crippen LogP contribution in [0.5, 0.6) is 0 Å². The molecule has 2 rings (SSSR count). The first-order valence-corrected chi connectivity index (χ1v) is 7.41. The second-order valence-electron chi connectivity index (χ2n) is 5.75. The molecule has 0 heterocycles. The molecule has 0 radical (unpaired) electrons. The molecule has 0 aliphatic heterocycles. The van der Waals surface area contributed by atoms with E-state index in [0.29, 0.717) is 6.54 Å². The third-order valence-electron chi connectivity index (χ3n) is 3.84. The Morgan fingerprint density at radius 2 is 1.85 bits per heavy atom. The van der Waals surface area contributed by atoms with Gasteiger partial charge in [-0.05, 0) is 31.0 Å². The van der Waals surface area contributed by atoms with Crippen LogP contribution in [-0.4, -0.2) is 23.2 Å². The van der Waals surface area contributed by atoms with Gasteiger partial charge in [0.1, 0.15) is 0 Å². The summed E-state index contributed by atoms with van der Waals surface area (Å²) in [6.07, 6.45) is 6.38. The lowest BCUT2D eigenvalue weighted by Gasteiger charge is -2.27. The standard InChI is InChI=1S/C16H24N2O2/c1-13(19)18-15-8-6-7-14(11-15)17-12-16(20)9-4-2-3-5-10-16/h6-8,11,17,20H,2-5,9-10,12H2,1H3,(H,18,19). The molecule has 1 amide bonds. The highest BCUT2D eigenvalue weighted by molar-refractivity contribution is 5.89. The SMILES string of the molecule is CC(=O)Nc1cccc(NCC2(O)CCCCCC2)c1. The number of benzene rings is 1. The molecule has 0 saturated heterocycles. The summed E-state index contributed by atoms with van der Waals surface area (Å²) in [6, 6.07) is 7.59. The van der Waals surface area contributed by atoms with Crippen molar-refractivity contribution in [3.8, 4) is 0 Å². The Morgan fingerprint density at radius 3 is 2.50 bits per heavy atom. The maximum atomic E-state index is 11.0. The summed E-state index contributed by atoms with van der Waals surface area (Å²) in [5.41, 5.74) is 1.10. The Kier molecular flexibility index (Phi) is 5.01. The number of carbonyl (C=O) groups is 1. The van der Waals surface area contributed by atoms with E-state index >= 15 is 0 Å². The molecular formula is C16H24N2O2. The van der Waals surface area contributed by atoms with Crippen molar-refractivity contribution in [1.82, 2.24) is 0 Å². The minimum absolute atomic E-state index is 0.0791. The van der Waals surface area contributed by atoms with Gasteiger partial charge < -0.3 is 15.7 Å². The molecule has 0 bridgehead atoms. The number of aliphatic hydroxyl groups is 1. The average Bonchev–Trinajstić information content (AvgIpc) is 2.62. The number of hydrogen-bond acceptors (Lipinski definition) is 3. The van der Waals surface area contributed by atoms with E-state index < -0.39 is 5.60 Å². The van der Waals surface area contributed by atoms with Crippen molar-refractivity contribution in [2.24, 2.45) is 0 Å². The summed E-state index contributed by atoms with van der Waals surface area (Å²) in [5.74, 6) is -0.0791. The van der Waals surface area contributed by atoms with E-state index in [4.69, 9.17) is 0 Å². The fourth-order valence-electron chi connectivity index (χ4n) is 2.74. The van der Waals surface area contributed by atoms with Gasteiger partial charge in [-0.25, -0.2) is 0 Å². The highest BCUT2D eigenvalue weighted by Crippen LogP contribution is 2.27. The van der Waals surface area contributed by atoms with Gasteiger partial charge in [-0.15, -0.1) is 0 Å². The van der Waals surface area contributed by atoms with E-state index in [1.807, 2.05) is 24.3 Å². The van der Waals surface area contributed by atoms with E-state index in [1.54, 1.807) is 0 Å². The smallest absolute Gasteiger partial charge is 0.221 e. The molecule has 1 saturated carbocycles. The van der Waals surface area contributed by atoms with Crippen molar-refractivity contribution >= 4 is 17.3 Å². The van der Waals surface area contributed by atoms with Crippen molar-refractivity contribution in [2.75, 3.05) is 17.2 Å². The second kappa shape index (κ2) is 6.75. The first-order valence-electron chi connectivity index (χ1n) is 7.41. The van der Waals surface area contributed by atoms with Crippen LogP contribution in [0.1, 0.15) is 45.4 Å². The summed E-state index contributed by atoms with van der Waals surface area (Å²) in [6.45, 7) is 2.06. The second-order valence-corrected chi connectivity index (χ2v) is 5.75. The van der Waals surface area contributed by atoms with Gasteiger partial charge >= 0.3 is 0 Å². The Morgan fingerprint density at radius 1 is 1.20 bits per heavy atom. The molecule has 4 nitrogen and oxygen atoms in total. The van der Waals surface area contributed by atoms with Crippen LogP contribution in [0, 0.1) is 0 Å². The van der Waals surface area contributed by atoms with Gasteiger partial charge in [0.25, 0.3) is 0 Å². The number of rotatable bonds is 4. The Labute approximate surface area is 120 Å². The third-order valence-corrected chi connectivity index (χ3v) is 3.84. The normalized spacial score (nSPS) is 18.1. The van der Waals surface area contributed by atoms with Gasteiger partial charge in [0.2, 0.25) is 5.91 Å². The van der Waals surface area contributed by atoms with Crippen molar-refractivity contribution in [3.63, 3.8) is 0 Å². The number of amides is 1. The largest absolute Gasteiger partial charge is 0.388 e. The molecule has 4 heteroatoms. The van der Waals surface area contributed by atoms with E-state index in [-0.39, 0.29) is 5.91 Å². The summed E-state index contributed by atoms with van der Waals surface area (Å²) < 4.78 is 0. The molecule has 1 fully saturated rings. The number of nitrogens with one attached hydrogen (secondary N) is 2. The van der Waals surface area contributed by atoms with Crippen LogP contribution in [0.15, 0.2) is 24.3 Å². The molecule has 1 aliphatic carbocycles. The van der Waals surface area contributed by atoms with E-state index in [1.165, 1.54) is 19.8 Å². The Bertz CT molecular complexity index is 452. The molecular weight excluding hydrogens is 252 g/mol. The molecule has 0 spiro atoms. The van der Waals surface area contributed by atoms with Gasteiger partial charge in [0, 0.05) is 24.8 Å². The van der Waals surface area contributed by atoms with Crippen LogP contribution in [0.2, 0.25) is 0 Å². The van der Waals surface area contributed by atoms with Gasteiger partial charge in [0.05, 0.1) is 5.60 Å². The summed E-state index contributed by atoms with van der Waals surface area (Å²) in [7, 11) is 0. The predicted molar refractivity (Wildman–Crippen MR) is 81.9 cm³/mol. The zero-order valence-corrected chi connectivity index (χ0v) is 12.1. The van der Waals surface area contributed by atoms with Gasteiger partial charge in [-0.2, -0.15) is 0 Å². The lowest BCUT2D eigenvalue weighted by atomic mass is 9.94. The lowest BCUT2D eigenvalue weighted by molar-refractivity contribution is -0.114. The fraction of sp³-hybridized carbons (Fsp3) is 0.562. The van der Waals surface area contributed by atoms with Crippen LogP contribution in [0.3, 0.4) is 0 Å². The number of anilines is 2. The molecule has 1 aromatic rings. The highest BCUT2D eigenvalue weighted by atomic mass is 16.3. The molecule has 110 valence electrons. The molecule has 1 aliphatic rings. The summed E-state index contributed by atoms with van der Waals surface area (Å²) >= 11 is 0. The molecule has 20 heavy (non-hydrogen) atoms. The van der Waals surface area contributed by atoms with Crippen LogP contribution in [0.4, 0.5) is 11.4 Å². The average molecular weight is 276 g/mol. The Balaban J connectivity index is 1.94. The third kappa shape index (κ3) is 4.53. The van der Waals surface area contributed by atoms with Crippen LogP contribution < -0.4 is 10.6 Å². The van der Waals surface area contributed by atoms with Crippen LogP contribution in [-0.2, 0) is 4.79 Å². The first-order chi connectivity index (χ1) is 9.57. The quantitative estimate of drug-likeness (QED) is 0.740. The van der Waals surface area contributed by atoms with Gasteiger partial charge in [-0.1, -0.05) is 31.7 Å². The Hall–Kier alpha value is -1.55. The van der Waals surface area contributed by atoms with Gasteiger partial charge in [0.15, 0.2) is 0 Å². The zero-order valence-electron chi connectivity index (χ0n) is 12.1. The molecule has 0 unspecified atom stereocenters. The minimum Gasteiger partial charge on any atom is -0.388 e. The first kappa shape index (κ1) is 14.9. The van der Waals surface area contributed by atoms with E-state index in [0.717, 1.165) is 37.1 Å². The molecule has 1 aromatic carbocycles. The van der Waals surface area contributed by atoms with E-state index in [2.05, 4.69) is 10.6 Å². The lowest BCUT2D eigenvalue weighted by Crippen LogP contribution is -2.36. The van der Waals surface area contributed by atoms with Crippen molar-refractivity contribution in [3.05, 3.63) is 24.3 Å². The molecule has 0 aromatic heterocycles. The maximum Gasteiger partial charge on any atom is 0.221 e. The number of hydrogen-bond donors (Lipinski definition) is 3. The minimum atomic E-state index is -0.597. The van der Waals surface area contributed by atoms with Crippen molar-refractivity contribution in [1.29, 1.82) is 0 Å². The number of carbonyl (C=O) groups excluding carboxylic acids is 1. The summed E-state index contributed by atoms with van der Waals surface area (Å²) in [4.78, 5) is 11.0. The fourth-order valence-corrected chi connectivity index (χ4v) is 2.74. The molecule has 0 atom stereocenters.